The van der Waals surface area contributed by atoms with Crippen LogP contribution in [0.5, 0.6) is 0 Å². The number of hydrogen-bond acceptors (Lipinski definition) is 3. The summed E-state index contributed by atoms with van der Waals surface area (Å²) in [6.07, 6.45) is 6.45. The maximum absolute atomic E-state index is 11.3. The summed E-state index contributed by atoms with van der Waals surface area (Å²) >= 11 is 0. The first-order chi connectivity index (χ1) is 12.9. The lowest BCUT2D eigenvalue weighted by molar-refractivity contribution is -0.119. The molecule has 1 saturated heterocycles. The molecular weight excluding hydrogens is 465 g/mol. The van der Waals surface area contributed by atoms with E-state index in [1.54, 1.807) is 0 Å². The van der Waals surface area contributed by atoms with Gasteiger partial charge in [-0.1, -0.05) is 26.0 Å². The molecule has 1 rings (SSSR count). The van der Waals surface area contributed by atoms with Crippen molar-refractivity contribution in [3.05, 3.63) is 25.3 Å². The normalized spacial score (nSPS) is 18.5. The monoisotopic (exact) mass is 505 g/mol. The number of amides is 1. The zero-order valence-electron chi connectivity index (χ0n) is 17.9. The van der Waals surface area contributed by atoms with Gasteiger partial charge in [-0.25, -0.2) is 0 Å². The number of nitrogens with one attached hydrogen (secondary N) is 1. The van der Waals surface area contributed by atoms with Crippen LogP contribution in [0.4, 0.5) is 0 Å². The lowest BCUT2D eigenvalue weighted by Gasteiger charge is -2.36. The standard InChI is InChI=1S/C21H39N5O.HI/c1-6-11-25(12-7-2)19(17(4)5)15-24-21(23-8-3)26-13-9-10-18(16-26)14-20(22)27;/h6-7,17-19H,1-2,8-16H2,3-5H3,(H2,22,27)(H,23,24);1H. The van der Waals surface area contributed by atoms with E-state index >= 15 is 0 Å². The first-order valence-corrected chi connectivity index (χ1v) is 10.2. The van der Waals surface area contributed by atoms with Crippen LogP contribution in [0.3, 0.4) is 0 Å². The Bertz CT molecular complexity index is 499. The summed E-state index contributed by atoms with van der Waals surface area (Å²) in [6, 6.07) is 0.320. The van der Waals surface area contributed by atoms with Gasteiger partial charge in [-0.05, 0) is 31.6 Å². The van der Waals surface area contributed by atoms with Crippen LogP contribution in [0.25, 0.3) is 0 Å². The second-order valence-electron chi connectivity index (χ2n) is 7.66. The lowest BCUT2D eigenvalue weighted by atomic mass is 9.95. The van der Waals surface area contributed by atoms with Gasteiger partial charge in [-0.15, -0.1) is 37.1 Å². The average molecular weight is 505 g/mol. The maximum Gasteiger partial charge on any atom is 0.217 e. The van der Waals surface area contributed by atoms with E-state index in [9.17, 15) is 4.79 Å². The van der Waals surface area contributed by atoms with E-state index in [0.29, 0.717) is 24.3 Å². The molecular formula is C21H40IN5O. The van der Waals surface area contributed by atoms with E-state index in [1.807, 2.05) is 12.2 Å². The molecule has 2 unspecified atom stereocenters. The topological polar surface area (TPSA) is 74.0 Å². The van der Waals surface area contributed by atoms with E-state index in [-0.39, 0.29) is 29.9 Å². The van der Waals surface area contributed by atoms with Gasteiger partial charge in [-0.2, -0.15) is 0 Å². The third-order valence-electron chi connectivity index (χ3n) is 5.04. The van der Waals surface area contributed by atoms with Gasteiger partial charge in [0.1, 0.15) is 0 Å². The minimum atomic E-state index is -0.215. The van der Waals surface area contributed by atoms with Crippen molar-refractivity contribution in [1.82, 2.24) is 15.1 Å². The smallest absolute Gasteiger partial charge is 0.217 e. The Kier molecular flexibility index (Phi) is 14.3. The third kappa shape index (κ3) is 9.41. The summed E-state index contributed by atoms with van der Waals surface area (Å²) in [5, 5.41) is 3.42. The fourth-order valence-corrected chi connectivity index (χ4v) is 3.74. The average Bonchev–Trinajstić information content (AvgIpc) is 2.60. The predicted molar refractivity (Wildman–Crippen MR) is 130 cm³/mol. The second-order valence-corrected chi connectivity index (χ2v) is 7.66. The summed E-state index contributed by atoms with van der Waals surface area (Å²) < 4.78 is 0. The Morgan fingerprint density at radius 1 is 1.36 bits per heavy atom. The zero-order valence-corrected chi connectivity index (χ0v) is 20.2. The van der Waals surface area contributed by atoms with E-state index in [1.165, 1.54) is 0 Å². The van der Waals surface area contributed by atoms with Gasteiger partial charge in [0.2, 0.25) is 5.91 Å². The van der Waals surface area contributed by atoms with Gasteiger partial charge in [0.05, 0.1) is 6.54 Å². The number of halogens is 1. The largest absolute Gasteiger partial charge is 0.370 e. The van der Waals surface area contributed by atoms with Crippen molar-refractivity contribution in [1.29, 1.82) is 0 Å². The van der Waals surface area contributed by atoms with E-state index in [2.05, 4.69) is 49.0 Å². The van der Waals surface area contributed by atoms with Crippen molar-refractivity contribution in [2.45, 2.75) is 46.1 Å². The van der Waals surface area contributed by atoms with Gasteiger partial charge in [0, 0.05) is 45.2 Å². The quantitative estimate of drug-likeness (QED) is 0.196. The number of aliphatic imine (C=N–C) groups is 1. The molecule has 1 aliphatic rings. The molecule has 1 fully saturated rings. The third-order valence-corrected chi connectivity index (χ3v) is 5.04. The molecule has 0 spiro atoms. The molecule has 28 heavy (non-hydrogen) atoms. The molecule has 0 aliphatic carbocycles. The minimum Gasteiger partial charge on any atom is -0.370 e. The Morgan fingerprint density at radius 3 is 2.50 bits per heavy atom. The lowest BCUT2D eigenvalue weighted by Crippen LogP contribution is -2.48. The van der Waals surface area contributed by atoms with Crippen LogP contribution in [0.15, 0.2) is 30.3 Å². The van der Waals surface area contributed by atoms with Crippen LogP contribution in [-0.2, 0) is 4.79 Å². The molecule has 3 N–H and O–H groups in total. The van der Waals surface area contributed by atoms with Crippen molar-refractivity contribution in [2.24, 2.45) is 22.6 Å². The van der Waals surface area contributed by atoms with Gasteiger partial charge in [0.25, 0.3) is 0 Å². The molecule has 0 aromatic rings. The Hall–Kier alpha value is -1.09. The van der Waals surface area contributed by atoms with Crippen molar-refractivity contribution in [2.75, 3.05) is 39.3 Å². The molecule has 0 bridgehead atoms. The van der Waals surface area contributed by atoms with Crippen LogP contribution in [0.2, 0.25) is 0 Å². The van der Waals surface area contributed by atoms with Gasteiger partial charge < -0.3 is 16.0 Å². The SMILES string of the molecule is C=CCN(CC=C)C(CN=C(NCC)N1CCCC(CC(N)=O)C1)C(C)C.I. The van der Waals surface area contributed by atoms with Crippen molar-refractivity contribution >= 4 is 35.8 Å². The Labute approximate surface area is 188 Å². The minimum absolute atomic E-state index is 0. The first-order valence-electron chi connectivity index (χ1n) is 10.2. The number of guanidine groups is 1. The molecule has 1 heterocycles. The highest BCUT2D eigenvalue weighted by Gasteiger charge is 2.25. The molecule has 0 aromatic carbocycles. The van der Waals surface area contributed by atoms with Crippen LogP contribution >= 0.6 is 24.0 Å². The summed E-state index contributed by atoms with van der Waals surface area (Å²) in [7, 11) is 0. The van der Waals surface area contributed by atoms with E-state index < -0.39 is 0 Å². The molecule has 1 aliphatic heterocycles. The second kappa shape index (κ2) is 14.8. The van der Waals surface area contributed by atoms with E-state index in [0.717, 1.165) is 58.1 Å². The van der Waals surface area contributed by atoms with Crippen molar-refractivity contribution in [3.63, 3.8) is 0 Å². The summed E-state index contributed by atoms with van der Waals surface area (Å²) in [6.45, 7) is 19.3. The van der Waals surface area contributed by atoms with Crippen molar-refractivity contribution < 1.29 is 4.79 Å². The maximum atomic E-state index is 11.3. The number of likely N-dealkylation sites (tertiary alicyclic amines) is 1. The van der Waals surface area contributed by atoms with Crippen molar-refractivity contribution in [3.8, 4) is 0 Å². The van der Waals surface area contributed by atoms with Crippen LogP contribution in [0.1, 0.15) is 40.0 Å². The molecule has 162 valence electrons. The Balaban J connectivity index is 0.00000729. The number of nitrogens with two attached hydrogens (primary N) is 1. The number of carbonyl (C=O) groups is 1. The molecule has 7 heteroatoms. The highest BCUT2D eigenvalue weighted by Crippen LogP contribution is 2.20. The highest BCUT2D eigenvalue weighted by atomic mass is 127. The number of piperidine rings is 1. The van der Waals surface area contributed by atoms with Crippen LogP contribution < -0.4 is 11.1 Å². The summed E-state index contributed by atoms with van der Waals surface area (Å²) in [5.74, 6) is 1.52. The number of carbonyl (C=O) groups excluding carboxylic acids is 1. The van der Waals surface area contributed by atoms with Crippen LogP contribution in [0, 0.1) is 11.8 Å². The molecule has 0 aromatic heterocycles. The summed E-state index contributed by atoms with van der Waals surface area (Å²) in [4.78, 5) is 20.9. The van der Waals surface area contributed by atoms with E-state index in [4.69, 9.17) is 10.7 Å². The van der Waals surface area contributed by atoms with Gasteiger partial charge in [-0.3, -0.25) is 14.7 Å². The van der Waals surface area contributed by atoms with Crippen LogP contribution in [-0.4, -0.2) is 67.0 Å². The number of primary amides is 1. The Morgan fingerprint density at radius 2 is 2.00 bits per heavy atom. The fourth-order valence-electron chi connectivity index (χ4n) is 3.74. The molecule has 0 radical (unpaired) electrons. The fraction of sp³-hybridized carbons (Fsp3) is 0.714. The molecule has 1 amide bonds. The molecule has 0 saturated carbocycles. The zero-order chi connectivity index (χ0) is 20.2. The summed E-state index contributed by atoms with van der Waals surface area (Å²) in [5.41, 5.74) is 5.40. The van der Waals surface area contributed by atoms with Gasteiger partial charge >= 0.3 is 0 Å². The first kappa shape index (κ1) is 26.9. The molecule has 6 nitrogen and oxygen atoms in total. The predicted octanol–water partition coefficient (Wildman–Crippen LogP) is 2.86. The highest BCUT2D eigenvalue weighted by molar-refractivity contribution is 14.0. The van der Waals surface area contributed by atoms with Gasteiger partial charge in [0.15, 0.2) is 5.96 Å². The molecule has 2 atom stereocenters. The number of hydrogen-bond donors (Lipinski definition) is 2. The number of nitrogens with zero attached hydrogens (tertiary/aromatic N) is 3. The number of rotatable bonds is 11.